The average Bonchev–Trinajstić information content (AvgIpc) is 2.81. The summed E-state index contributed by atoms with van der Waals surface area (Å²) in [6.45, 7) is 8.35. The molecular weight excluding hydrogens is 268 g/mol. The van der Waals surface area contributed by atoms with Crippen molar-refractivity contribution in [1.29, 1.82) is 0 Å². The highest BCUT2D eigenvalue weighted by molar-refractivity contribution is 7.89. The maximum atomic E-state index is 11.5. The van der Waals surface area contributed by atoms with Crippen LogP contribution in [0.25, 0.3) is 0 Å². The van der Waals surface area contributed by atoms with Crippen molar-refractivity contribution in [3.63, 3.8) is 0 Å². The summed E-state index contributed by atoms with van der Waals surface area (Å²) < 4.78 is 30.3. The van der Waals surface area contributed by atoms with Gasteiger partial charge in [-0.3, -0.25) is 0 Å². The van der Waals surface area contributed by atoms with Crippen LogP contribution in [0.4, 0.5) is 0 Å². The molecule has 0 bridgehead atoms. The molecule has 7 nitrogen and oxygen atoms in total. The molecule has 1 saturated heterocycles. The van der Waals surface area contributed by atoms with Crippen molar-refractivity contribution in [2.75, 3.05) is 0 Å². The molecule has 4 unspecified atom stereocenters. The van der Waals surface area contributed by atoms with Crippen LogP contribution in [-0.2, 0) is 21.3 Å². The number of nitrogens with zero attached hydrogens (tertiary/aromatic N) is 3. The molecular formula is C11H20N4O3S. The van der Waals surface area contributed by atoms with Crippen LogP contribution in [0.3, 0.4) is 0 Å². The van der Waals surface area contributed by atoms with E-state index in [4.69, 9.17) is 9.88 Å². The molecule has 1 aliphatic heterocycles. The molecule has 2 heterocycles. The molecule has 8 heteroatoms. The number of hydrogen-bond donors (Lipinski definition) is 1. The predicted molar refractivity (Wildman–Crippen MR) is 69.0 cm³/mol. The molecule has 1 aliphatic rings. The van der Waals surface area contributed by atoms with E-state index in [9.17, 15) is 8.42 Å². The van der Waals surface area contributed by atoms with Gasteiger partial charge in [0.2, 0.25) is 0 Å². The Hall–Kier alpha value is -0.990. The van der Waals surface area contributed by atoms with E-state index in [1.165, 1.54) is 0 Å². The molecule has 0 saturated carbocycles. The summed E-state index contributed by atoms with van der Waals surface area (Å²) in [5.74, 6) is 0.909. The minimum Gasteiger partial charge on any atom is -0.374 e. The maximum absolute atomic E-state index is 11.5. The summed E-state index contributed by atoms with van der Waals surface area (Å²) in [5, 5.41) is 12.8. The van der Waals surface area contributed by atoms with Gasteiger partial charge in [-0.1, -0.05) is 6.92 Å². The molecule has 108 valence electrons. The summed E-state index contributed by atoms with van der Waals surface area (Å²) in [6.07, 6.45) is 0.0905. The molecule has 0 radical (unpaired) electrons. The van der Waals surface area contributed by atoms with Crippen molar-refractivity contribution in [2.24, 2.45) is 11.1 Å². The predicted octanol–water partition coefficient (Wildman–Crippen LogP) is 0.472. The van der Waals surface area contributed by atoms with Gasteiger partial charge in [0.05, 0.1) is 18.1 Å². The van der Waals surface area contributed by atoms with Gasteiger partial charge in [-0.05, 0) is 26.7 Å². The molecule has 0 aliphatic carbocycles. The standard InChI is InChI=1S/C11H20N4O3S/c1-5-15-10(13-14-11(15)19(12,16)17)9-6(2)7(3)18-8(9)4/h6-9H,5H2,1-4H3,(H2,12,16,17). The van der Waals surface area contributed by atoms with Gasteiger partial charge in [0.25, 0.3) is 15.2 Å². The fourth-order valence-corrected chi connectivity index (χ4v) is 3.45. The molecule has 0 spiro atoms. The second-order valence-electron chi connectivity index (χ2n) is 5.06. The molecule has 4 atom stereocenters. The number of nitrogens with two attached hydrogens (primary N) is 1. The summed E-state index contributed by atoms with van der Waals surface area (Å²) in [5.41, 5.74) is 0. The van der Waals surface area contributed by atoms with Gasteiger partial charge in [0, 0.05) is 6.54 Å². The molecule has 1 aromatic heterocycles. The zero-order valence-corrected chi connectivity index (χ0v) is 12.4. The lowest BCUT2D eigenvalue weighted by atomic mass is 9.89. The van der Waals surface area contributed by atoms with E-state index in [1.54, 1.807) is 4.57 Å². The number of rotatable bonds is 3. The third kappa shape index (κ3) is 2.39. The molecule has 0 amide bonds. The van der Waals surface area contributed by atoms with E-state index >= 15 is 0 Å². The zero-order chi connectivity index (χ0) is 14.4. The normalized spacial score (nSPS) is 31.8. The lowest BCUT2D eigenvalue weighted by Gasteiger charge is -2.18. The monoisotopic (exact) mass is 288 g/mol. The Morgan fingerprint density at radius 1 is 1.26 bits per heavy atom. The van der Waals surface area contributed by atoms with Crippen LogP contribution < -0.4 is 5.14 Å². The number of ether oxygens (including phenoxy) is 1. The van der Waals surface area contributed by atoms with Crippen molar-refractivity contribution in [3.05, 3.63) is 5.82 Å². The summed E-state index contributed by atoms with van der Waals surface area (Å²) in [6, 6.07) is 0. The first-order valence-corrected chi connectivity index (χ1v) is 7.93. The number of sulfonamides is 1. The van der Waals surface area contributed by atoms with Gasteiger partial charge in [-0.25, -0.2) is 13.6 Å². The van der Waals surface area contributed by atoms with Crippen LogP contribution in [-0.4, -0.2) is 35.4 Å². The lowest BCUT2D eigenvalue weighted by molar-refractivity contribution is 0.0551. The van der Waals surface area contributed by atoms with Gasteiger partial charge in [0.1, 0.15) is 5.82 Å². The van der Waals surface area contributed by atoms with E-state index in [0.29, 0.717) is 12.4 Å². The Balaban J connectivity index is 2.50. The lowest BCUT2D eigenvalue weighted by Crippen LogP contribution is -2.23. The van der Waals surface area contributed by atoms with Crippen molar-refractivity contribution in [1.82, 2.24) is 14.8 Å². The Bertz CT molecular complexity index is 568. The minimum absolute atomic E-state index is 0.0205. The van der Waals surface area contributed by atoms with Crippen molar-refractivity contribution < 1.29 is 13.2 Å². The Labute approximate surface area is 113 Å². The number of primary sulfonamides is 1. The SMILES string of the molecule is CCn1c(C2C(C)OC(C)C2C)nnc1S(N)(=O)=O. The quantitative estimate of drug-likeness (QED) is 0.871. The maximum Gasteiger partial charge on any atom is 0.273 e. The van der Waals surface area contributed by atoms with Gasteiger partial charge >= 0.3 is 0 Å². The number of aromatic nitrogens is 3. The fourth-order valence-electron chi connectivity index (χ4n) is 2.77. The molecule has 2 N–H and O–H groups in total. The summed E-state index contributed by atoms with van der Waals surface area (Å²) in [7, 11) is -3.85. The van der Waals surface area contributed by atoms with Crippen molar-refractivity contribution in [3.8, 4) is 0 Å². The van der Waals surface area contributed by atoms with Gasteiger partial charge in [-0.15, -0.1) is 10.2 Å². The molecule has 1 fully saturated rings. The fraction of sp³-hybridized carbons (Fsp3) is 0.818. The topological polar surface area (TPSA) is 100 Å². The molecule has 0 aromatic carbocycles. The van der Waals surface area contributed by atoms with E-state index < -0.39 is 10.0 Å². The van der Waals surface area contributed by atoms with E-state index in [-0.39, 0.29) is 29.2 Å². The third-order valence-electron chi connectivity index (χ3n) is 3.86. The molecule has 2 rings (SSSR count). The highest BCUT2D eigenvalue weighted by Crippen LogP contribution is 2.39. The minimum atomic E-state index is -3.85. The third-order valence-corrected chi connectivity index (χ3v) is 4.67. The van der Waals surface area contributed by atoms with Crippen molar-refractivity contribution >= 4 is 10.0 Å². The van der Waals surface area contributed by atoms with Gasteiger partial charge in [-0.2, -0.15) is 0 Å². The van der Waals surface area contributed by atoms with Crippen LogP contribution in [0, 0.1) is 5.92 Å². The van der Waals surface area contributed by atoms with E-state index in [1.807, 2.05) is 20.8 Å². The molecule has 19 heavy (non-hydrogen) atoms. The van der Waals surface area contributed by atoms with Crippen molar-refractivity contribution in [2.45, 2.75) is 57.5 Å². The molecule has 1 aromatic rings. The van der Waals surface area contributed by atoms with Crippen LogP contribution in [0.1, 0.15) is 39.4 Å². The van der Waals surface area contributed by atoms with Crippen LogP contribution in [0.15, 0.2) is 5.16 Å². The summed E-state index contributed by atoms with van der Waals surface area (Å²) >= 11 is 0. The summed E-state index contributed by atoms with van der Waals surface area (Å²) in [4.78, 5) is 0. The van der Waals surface area contributed by atoms with Gasteiger partial charge < -0.3 is 9.30 Å². The Morgan fingerprint density at radius 3 is 2.32 bits per heavy atom. The van der Waals surface area contributed by atoms with E-state index in [0.717, 1.165) is 0 Å². The van der Waals surface area contributed by atoms with Crippen LogP contribution in [0.5, 0.6) is 0 Å². The average molecular weight is 288 g/mol. The first-order chi connectivity index (χ1) is 8.77. The second kappa shape index (κ2) is 4.84. The largest absolute Gasteiger partial charge is 0.374 e. The Morgan fingerprint density at radius 2 is 1.89 bits per heavy atom. The first-order valence-electron chi connectivity index (χ1n) is 6.38. The highest BCUT2D eigenvalue weighted by atomic mass is 32.2. The zero-order valence-electron chi connectivity index (χ0n) is 11.6. The first kappa shape index (κ1) is 14.4. The van der Waals surface area contributed by atoms with Crippen LogP contribution in [0.2, 0.25) is 0 Å². The Kier molecular flexibility index (Phi) is 3.67. The van der Waals surface area contributed by atoms with Crippen LogP contribution >= 0.6 is 0 Å². The highest BCUT2D eigenvalue weighted by Gasteiger charge is 2.41. The van der Waals surface area contributed by atoms with E-state index in [2.05, 4.69) is 17.1 Å². The van der Waals surface area contributed by atoms with Gasteiger partial charge in [0.15, 0.2) is 0 Å². The second-order valence-corrected chi connectivity index (χ2v) is 6.52. The smallest absolute Gasteiger partial charge is 0.273 e. The number of hydrogen-bond acceptors (Lipinski definition) is 5.